The summed E-state index contributed by atoms with van der Waals surface area (Å²) in [6.45, 7) is 0. The Labute approximate surface area is 316 Å². The van der Waals surface area contributed by atoms with E-state index in [4.69, 9.17) is 0 Å². The number of fused-ring (bicyclic) bond motifs is 9. The van der Waals surface area contributed by atoms with E-state index in [0.29, 0.717) is 11.1 Å². The highest BCUT2D eigenvalue weighted by Gasteiger charge is 2.19. The lowest BCUT2D eigenvalue weighted by Crippen LogP contribution is -1.98. The average molecular weight is 700 g/mol. The van der Waals surface area contributed by atoms with E-state index in [9.17, 15) is 10.5 Å². The summed E-state index contributed by atoms with van der Waals surface area (Å²) in [4.78, 5) is 0. The van der Waals surface area contributed by atoms with Crippen molar-refractivity contribution in [2.24, 2.45) is 0 Å². The van der Waals surface area contributed by atoms with Gasteiger partial charge in [-0.3, -0.25) is 0 Å². The fraction of sp³-hybridized carbons (Fsp3) is 0. The van der Waals surface area contributed by atoms with Crippen LogP contribution in [0, 0.1) is 22.7 Å². The molecule has 3 aromatic heterocycles. The molecule has 0 amide bonds. The molecule has 0 aliphatic carbocycles. The Morgan fingerprint density at radius 3 is 1.42 bits per heavy atom. The highest BCUT2D eigenvalue weighted by molar-refractivity contribution is 6.14. The summed E-state index contributed by atoms with van der Waals surface area (Å²) < 4.78 is 6.89. The Balaban J connectivity index is 1.14. The van der Waals surface area contributed by atoms with E-state index in [2.05, 4.69) is 177 Å². The second-order valence-corrected chi connectivity index (χ2v) is 14.0. The average Bonchev–Trinajstić information content (AvgIpc) is 3.88. The molecule has 0 radical (unpaired) electrons. The van der Waals surface area contributed by atoms with Crippen LogP contribution in [-0.2, 0) is 0 Å². The summed E-state index contributed by atoms with van der Waals surface area (Å²) in [5.74, 6) is 0. The monoisotopic (exact) mass is 699 g/mol. The fourth-order valence-corrected chi connectivity index (χ4v) is 8.69. The van der Waals surface area contributed by atoms with Crippen LogP contribution in [0.5, 0.6) is 0 Å². The van der Waals surface area contributed by atoms with Crippen LogP contribution in [0.3, 0.4) is 0 Å². The predicted molar refractivity (Wildman–Crippen MR) is 224 cm³/mol. The van der Waals surface area contributed by atoms with Crippen molar-refractivity contribution in [1.29, 1.82) is 10.5 Å². The number of benzene rings is 8. The number of nitriles is 2. The van der Waals surface area contributed by atoms with Gasteiger partial charge in [0, 0.05) is 43.7 Å². The number of hydrogen-bond donors (Lipinski definition) is 0. The van der Waals surface area contributed by atoms with E-state index in [1.807, 2.05) is 12.1 Å². The molecule has 0 spiro atoms. The Bertz CT molecular complexity index is 3400. The molecule has 0 saturated carbocycles. The molecule has 0 bridgehead atoms. The highest BCUT2D eigenvalue weighted by atomic mass is 15.0. The molecule has 0 aliphatic heterocycles. The third-order valence-corrected chi connectivity index (χ3v) is 11.1. The fourth-order valence-electron chi connectivity index (χ4n) is 8.69. The predicted octanol–water partition coefficient (Wildman–Crippen LogP) is 12.4. The molecule has 0 aliphatic rings. The van der Waals surface area contributed by atoms with Crippen molar-refractivity contribution in [2.75, 3.05) is 0 Å². The largest absolute Gasteiger partial charge is 0.309 e. The van der Waals surface area contributed by atoms with Crippen LogP contribution in [0.4, 0.5) is 0 Å². The lowest BCUT2D eigenvalue weighted by atomic mass is 10.0. The minimum absolute atomic E-state index is 0.464. The van der Waals surface area contributed by atoms with Crippen molar-refractivity contribution in [1.82, 2.24) is 13.7 Å². The highest BCUT2D eigenvalue weighted by Crippen LogP contribution is 2.40. The lowest BCUT2D eigenvalue weighted by Gasteiger charge is -2.11. The van der Waals surface area contributed by atoms with Gasteiger partial charge in [-0.15, -0.1) is 0 Å². The number of aromatic nitrogens is 3. The first-order valence-corrected chi connectivity index (χ1v) is 18.3. The third kappa shape index (κ3) is 4.51. The van der Waals surface area contributed by atoms with E-state index in [-0.39, 0.29) is 0 Å². The van der Waals surface area contributed by atoms with Crippen molar-refractivity contribution in [3.05, 3.63) is 187 Å². The van der Waals surface area contributed by atoms with Gasteiger partial charge in [0.15, 0.2) is 0 Å². The molecular formula is C50H29N5. The molecule has 11 aromatic rings. The molecule has 0 saturated heterocycles. The van der Waals surface area contributed by atoms with Crippen molar-refractivity contribution >= 4 is 65.4 Å². The smallest absolute Gasteiger partial charge is 0.101 e. The summed E-state index contributed by atoms with van der Waals surface area (Å²) in [6.07, 6.45) is 0. The molecular weight excluding hydrogens is 671 g/mol. The Kier molecular flexibility index (Phi) is 6.61. The molecule has 11 rings (SSSR count). The maximum Gasteiger partial charge on any atom is 0.101 e. The molecule has 0 N–H and O–H groups in total. The third-order valence-electron chi connectivity index (χ3n) is 11.1. The van der Waals surface area contributed by atoms with E-state index < -0.39 is 0 Å². The van der Waals surface area contributed by atoms with Crippen molar-refractivity contribution in [3.8, 4) is 40.3 Å². The maximum absolute atomic E-state index is 10.1. The van der Waals surface area contributed by atoms with Gasteiger partial charge in [0.1, 0.15) is 6.07 Å². The van der Waals surface area contributed by atoms with Gasteiger partial charge in [-0.2, -0.15) is 10.5 Å². The second-order valence-electron chi connectivity index (χ2n) is 14.0. The first-order chi connectivity index (χ1) is 27.2. The van der Waals surface area contributed by atoms with Crippen LogP contribution in [-0.4, -0.2) is 13.7 Å². The molecule has 5 heteroatoms. The summed E-state index contributed by atoms with van der Waals surface area (Å²) >= 11 is 0. The van der Waals surface area contributed by atoms with Crippen molar-refractivity contribution in [3.63, 3.8) is 0 Å². The normalized spacial score (nSPS) is 11.6. The first-order valence-electron chi connectivity index (χ1n) is 18.3. The Hall–Kier alpha value is -7.86. The SMILES string of the molecule is N#Cc1ccc(-n2c3ccccc3c3cc(-c4ccc5c(c4)c4cc(-n6c7ccccc7c7ccccc76)ccc4n5-c4ccccc4)ccc32)c(C#N)c1. The van der Waals surface area contributed by atoms with Crippen molar-refractivity contribution < 1.29 is 0 Å². The molecule has 5 nitrogen and oxygen atoms in total. The van der Waals surface area contributed by atoms with Crippen LogP contribution < -0.4 is 0 Å². The van der Waals surface area contributed by atoms with Gasteiger partial charge in [0.25, 0.3) is 0 Å². The molecule has 0 fully saturated rings. The van der Waals surface area contributed by atoms with Crippen LogP contribution in [0.2, 0.25) is 0 Å². The minimum atomic E-state index is 0.464. The molecule has 55 heavy (non-hydrogen) atoms. The maximum atomic E-state index is 10.1. The van der Waals surface area contributed by atoms with Gasteiger partial charge in [-0.05, 0) is 102 Å². The summed E-state index contributed by atoms with van der Waals surface area (Å²) in [5, 5.41) is 26.7. The second kappa shape index (κ2) is 11.8. The summed E-state index contributed by atoms with van der Waals surface area (Å²) in [7, 11) is 0. The van der Waals surface area contributed by atoms with E-state index in [0.717, 1.165) is 61.0 Å². The zero-order valence-corrected chi connectivity index (χ0v) is 29.5. The van der Waals surface area contributed by atoms with Gasteiger partial charge in [0.05, 0.1) is 56.0 Å². The van der Waals surface area contributed by atoms with Crippen LogP contribution in [0.1, 0.15) is 11.1 Å². The number of rotatable bonds is 4. The van der Waals surface area contributed by atoms with Crippen molar-refractivity contribution in [2.45, 2.75) is 0 Å². The molecule has 3 heterocycles. The minimum Gasteiger partial charge on any atom is -0.309 e. The lowest BCUT2D eigenvalue weighted by molar-refractivity contribution is 1.16. The quantitative estimate of drug-likeness (QED) is 0.184. The summed E-state index contributed by atoms with van der Waals surface area (Å²) in [6, 6.07) is 66.3. The van der Waals surface area contributed by atoms with Gasteiger partial charge in [-0.25, -0.2) is 0 Å². The molecule has 0 unspecified atom stereocenters. The van der Waals surface area contributed by atoms with Gasteiger partial charge in [0.2, 0.25) is 0 Å². The number of nitrogens with zero attached hydrogens (tertiary/aromatic N) is 5. The number of para-hydroxylation sites is 4. The Morgan fingerprint density at radius 2 is 0.800 bits per heavy atom. The molecule has 8 aromatic carbocycles. The van der Waals surface area contributed by atoms with Gasteiger partial charge < -0.3 is 13.7 Å². The van der Waals surface area contributed by atoms with E-state index in [1.54, 1.807) is 12.1 Å². The molecule has 0 atom stereocenters. The van der Waals surface area contributed by atoms with Crippen LogP contribution in [0.25, 0.3) is 93.6 Å². The van der Waals surface area contributed by atoms with Gasteiger partial charge >= 0.3 is 0 Å². The van der Waals surface area contributed by atoms with Crippen LogP contribution >= 0.6 is 0 Å². The summed E-state index contributed by atoms with van der Waals surface area (Å²) in [5.41, 5.74) is 12.8. The zero-order chi connectivity index (χ0) is 36.6. The molecule has 254 valence electrons. The van der Waals surface area contributed by atoms with E-state index >= 15 is 0 Å². The zero-order valence-electron chi connectivity index (χ0n) is 29.5. The van der Waals surface area contributed by atoms with Crippen LogP contribution in [0.15, 0.2) is 176 Å². The topological polar surface area (TPSA) is 62.4 Å². The van der Waals surface area contributed by atoms with Gasteiger partial charge in [-0.1, -0.05) is 84.9 Å². The Morgan fingerprint density at radius 1 is 0.327 bits per heavy atom. The first kappa shape index (κ1) is 30.7. The standard InChI is InChI=1S/C50H29N5/c51-30-32-18-22-44(35(26-32)31-52)55-47-17-9-6-14-40(47)41-27-33(20-24-50(41)55)34-19-23-48-42(28-34)43-29-37(21-25-49(43)53(48)36-10-2-1-3-11-36)54-45-15-7-4-12-38(45)39-13-5-8-16-46(39)54/h1-29H. The number of hydrogen-bond acceptors (Lipinski definition) is 2. The van der Waals surface area contributed by atoms with E-state index in [1.165, 1.54) is 32.6 Å².